The van der Waals surface area contributed by atoms with Crippen molar-refractivity contribution in [2.45, 2.75) is 20.3 Å². The van der Waals surface area contributed by atoms with E-state index in [0.29, 0.717) is 5.69 Å². The molecule has 6 nitrogen and oxygen atoms in total. The first-order chi connectivity index (χ1) is 13.3. The van der Waals surface area contributed by atoms with Gasteiger partial charge in [0, 0.05) is 28.8 Å². The van der Waals surface area contributed by atoms with Crippen LogP contribution in [-0.2, 0) is 19.1 Å². The Morgan fingerprint density at radius 3 is 2.46 bits per heavy atom. The fourth-order valence-corrected chi connectivity index (χ4v) is 3.42. The molecule has 2 amide bonds. The van der Waals surface area contributed by atoms with E-state index in [2.05, 4.69) is 21.2 Å². The number of nitrogens with one attached hydrogen (secondary N) is 1. The summed E-state index contributed by atoms with van der Waals surface area (Å²) in [6.07, 6.45) is 0.0838. The molecule has 146 valence electrons. The second-order valence-electron chi connectivity index (χ2n) is 6.82. The Kier molecular flexibility index (Phi) is 6.14. The van der Waals surface area contributed by atoms with Gasteiger partial charge in [-0.3, -0.25) is 14.4 Å². The molecule has 1 heterocycles. The summed E-state index contributed by atoms with van der Waals surface area (Å²) in [5, 5.41) is 2.73. The van der Waals surface area contributed by atoms with E-state index >= 15 is 0 Å². The van der Waals surface area contributed by atoms with Crippen LogP contribution in [0.3, 0.4) is 0 Å². The minimum Gasteiger partial charge on any atom is -0.455 e. The largest absolute Gasteiger partial charge is 0.455 e. The summed E-state index contributed by atoms with van der Waals surface area (Å²) in [4.78, 5) is 38.2. The maximum atomic E-state index is 12.3. The highest BCUT2D eigenvalue weighted by Crippen LogP contribution is 2.26. The molecular formula is C21H21BrN2O4. The standard InChI is InChI=1S/C21H21BrN2O4/c1-13-8-16(9-14(2)20(13)22)23-18(25)12-28-21(27)15-10-19(26)24(11-15)17-6-4-3-5-7-17/h3-9,15H,10-12H2,1-2H3,(H,23,25)/t15-/m0/s1. The topological polar surface area (TPSA) is 75.7 Å². The number of rotatable bonds is 5. The molecule has 0 aromatic heterocycles. The van der Waals surface area contributed by atoms with Gasteiger partial charge in [-0.15, -0.1) is 0 Å². The molecule has 0 bridgehead atoms. The number of amides is 2. The summed E-state index contributed by atoms with van der Waals surface area (Å²) >= 11 is 3.48. The number of carbonyl (C=O) groups excluding carboxylic acids is 3. The van der Waals surface area contributed by atoms with Gasteiger partial charge < -0.3 is 15.0 Å². The molecule has 7 heteroatoms. The number of aryl methyl sites for hydroxylation is 2. The molecule has 0 radical (unpaired) electrons. The number of hydrogen-bond acceptors (Lipinski definition) is 4. The summed E-state index contributed by atoms with van der Waals surface area (Å²) in [5.41, 5.74) is 3.39. The fourth-order valence-electron chi connectivity index (χ4n) is 3.19. The van der Waals surface area contributed by atoms with Gasteiger partial charge in [0.05, 0.1) is 5.92 Å². The molecule has 1 saturated heterocycles. The van der Waals surface area contributed by atoms with Gasteiger partial charge in [0.15, 0.2) is 6.61 Å². The number of nitrogens with zero attached hydrogens (tertiary/aromatic N) is 1. The molecule has 1 N–H and O–H groups in total. The van der Waals surface area contributed by atoms with Crippen LogP contribution in [0.25, 0.3) is 0 Å². The third-order valence-electron chi connectivity index (χ3n) is 4.59. The van der Waals surface area contributed by atoms with Crippen LogP contribution in [0.15, 0.2) is 46.9 Å². The Balaban J connectivity index is 1.53. The maximum Gasteiger partial charge on any atom is 0.311 e. The van der Waals surface area contributed by atoms with E-state index in [9.17, 15) is 14.4 Å². The lowest BCUT2D eigenvalue weighted by atomic mass is 10.1. The van der Waals surface area contributed by atoms with E-state index in [-0.39, 0.29) is 25.5 Å². The molecule has 0 spiro atoms. The first kappa shape index (κ1) is 20.1. The van der Waals surface area contributed by atoms with E-state index in [1.165, 1.54) is 0 Å². The number of esters is 1. The quantitative estimate of drug-likeness (QED) is 0.714. The molecule has 28 heavy (non-hydrogen) atoms. The van der Waals surface area contributed by atoms with Gasteiger partial charge in [0.2, 0.25) is 5.91 Å². The van der Waals surface area contributed by atoms with Crippen LogP contribution in [0.5, 0.6) is 0 Å². The molecule has 2 aromatic carbocycles. The second-order valence-corrected chi connectivity index (χ2v) is 7.61. The van der Waals surface area contributed by atoms with E-state index in [1.54, 1.807) is 4.90 Å². The Labute approximate surface area is 172 Å². The Morgan fingerprint density at radius 1 is 1.18 bits per heavy atom. The van der Waals surface area contributed by atoms with Crippen molar-refractivity contribution >= 4 is 45.1 Å². The molecule has 1 atom stereocenters. The third-order valence-corrected chi connectivity index (χ3v) is 5.84. The number of carbonyl (C=O) groups is 3. The van der Waals surface area contributed by atoms with Crippen LogP contribution in [0, 0.1) is 19.8 Å². The molecule has 1 aliphatic heterocycles. The van der Waals surface area contributed by atoms with Crippen LogP contribution in [0.1, 0.15) is 17.5 Å². The average Bonchev–Trinajstić information content (AvgIpc) is 3.06. The summed E-state index contributed by atoms with van der Waals surface area (Å²) in [6, 6.07) is 12.9. The fraction of sp³-hybridized carbons (Fsp3) is 0.286. The number of ether oxygens (including phenoxy) is 1. The lowest BCUT2D eigenvalue weighted by Crippen LogP contribution is -2.28. The zero-order valence-electron chi connectivity index (χ0n) is 15.7. The molecule has 1 aliphatic rings. The first-order valence-electron chi connectivity index (χ1n) is 8.94. The number of benzene rings is 2. The summed E-state index contributed by atoms with van der Waals surface area (Å²) in [7, 11) is 0. The normalized spacial score (nSPS) is 16.2. The Hall–Kier alpha value is -2.67. The summed E-state index contributed by atoms with van der Waals surface area (Å²) in [6.45, 7) is 3.74. The lowest BCUT2D eigenvalue weighted by molar-refractivity contribution is -0.151. The van der Waals surface area contributed by atoms with E-state index < -0.39 is 17.8 Å². The predicted molar refractivity (Wildman–Crippen MR) is 110 cm³/mol. The van der Waals surface area contributed by atoms with Crippen molar-refractivity contribution in [3.05, 3.63) is 58.1 Å². The molecule has 2 aromatic rings. The zero-order chi connectivity index (χ0) is 20.3. The number of hydrogen-bond donors (Lipinski definition) is 1. The Morgan fingerprint density at radius 2 is 1.82 bits per heavy atom. The van der Waals surface area contributed by atoms with Gasteiger partial charge in [-0.1, -0.05) is 34.1 Å². The van der Waals surface area contributed by atoms with Crippen molar-refractivity contribution in [1.82, 2.24) is 0 Å². The van der Waals surface area contributed by atoms with Gasteiger partial charge in [-0.25, -0.2) is 0 Å². The van der Waals surface area contributed by atoms with Gasteiger partial charge in [-0.05, 0) is 49.2 Å². The van der Waals surface area contributed by atoms with Crippen LogP contribution in [0.4, 0.5) is 11.4 Å². The predicted octanol–water partition coefficient (Wildman–Crippen LogP) is 3.60. The van der Waals surface area contributed by atoms with Crippen molar-refractivity contribution in [2.75, 3.05) is 23.4 Å². The van der Waals surface area contributed by atoms with Crippen LogP contribution in [0.2, 0.25) is 0 Å². The monoisotopic (exact) mass is 444 g/mol. The average molecular weight is 445 g/mol. The van der Waals surface area contributed by atoms with Gasteiger partial charge in [-0.2, -0.15) is 0 Å². The molecule has 0 unspecified atom stereocenters. The molecule has 0 saturated carbocycles. The van der Waals surface area contributed by atoms with Crippen LogP contribution >= 0.6 is 15.9 Å². The van der Waals surface area contributed by atoms with Gasteiger partial charge in [0.25, 0.3) is 5.91 Å². The lowest BCUT2D eigenvalue weighted by Gasteiger charge is -2.16. The zero-order valence-corrected chi connectivity index (χ0v) is 17.3. The number of anilines is 2. The van der Waals surface area contributed by atoms with Gasteiger partial charge >= 0.3 is 5.97 Å². The van der Waals surface area contributed by atoms with Crippen molar-refractivity contribution in [3.63, 3.8) is 0 Å². The van der Waals surface area contributed by atoms with Crippen molar-refractivity contribution in [1.29, 1.82) is 0 Å². The smallest absolute Gasteiger partial charge is 0.311 e. The van der Waals surface area contributed by atoms with Crippen LogP contribution in [-0.4, -0.2) is 30.9 Å². The van der Waals surface area contributed by atoms with Crippen LogP contribution < -0.4 is 10.2 Å². The molecule has 3 rings (SSSR count). The van der Waals surface area contributed by atoms with E-state index in [4.69, 9.17) is 4.74 Å². The highest BCUT2D eigenvalue weighted by Gasteiger charge is 2.36. The van der Waals surface area contributed by atoms with E-state index in [1.807, 2.05) is 56.3 Å². The van der Waals surface area contributed by atoms with Gasteiger partial charge in [0.1, 0.15) is 0 Å². The maximum absolute atomic E-state index is 12.3. The molecule has 1 fully saturated rings. The number of para-hydroxylation sites is 1. The first-order valence-corrected chi connectivity index (χ1v) is 9.73. The van der Waals surface area contributed by atoms with E-state index in [0.717, 1.165) is 21.3 Å². The summed E-state index contributed by atoms with van der Waals surface area (Å²) < 4.78 is 6.13. The number of halogens is 1. The SMILES string of the molecule is Cc1cc(NC(=O)COC(=O)[C@H]2CC(=O)N(c3ccccc3)C2)cc(C)c1Br. The summed E-state index contributed by atoms with van der Waals surface area (Å²) in [5.74, 6) is -1.65. The minimum atomic E-state index is -0.572. The molecular weight excluding hydrogens is 424 g/mol. The minimum absolute atomic E-state index is 0.0838. The highest BCUT2D eigenvalue weighted by atomic mass is 79.9. The molecule has 0 aliphatic carbocycles. The third kappa shape index (κ3) is 4.59. The van der Waals surface area contributed by atoms with Crippen molar-refractivity contribution in [3.8, 4) is 0 Å². The Bertz CT molecular complexity index is 891. The van der Waals surface area contributed by atoms with Crippen molar-refractivity contribution in [2.24, 2.45) is 5.92 Å². The highest BCUT2D eigenvalue weighted by molar-refractivity contribution is 9.10. The second kappa shape index (κ2) is 8.56. The van der Waals surface area contributed by atoms with Crippen molar-refractivity contribution < 1.29 is 19.1 Å².